The lowest BCUT2D eigenvalue weighted by Crippen LogP contribution is -2.14. The first-order valence-electron chi connectivity index (χ1n) is 6.45. The van der Waals surface area contributed by atoms with Crippen LogP contribution in [0.3, 0.4) is 0 Å². The highest BCUT2D eigenvalue weighted by Gasteiger charge is 2.09. The second-order valence-corrected chi connectivity index (χ2v) is 4.76. The number of nitrogens with two attached hydrogens (primary N) is 1. The zero-order valence-corrected chi connectivity index (χ0v) is 11.3. The lowest BCUT2D eigenvalue weighted by atomic mass is 10.0. The molecular weight excluding hydrogens is 260 g/mol. The first-order valence-corrected chi connectivity index (χ1v) is 6.45. The summed E-state index contributed by atoms with van der Waals surface area (Å²) in [6, 6.07) is 10.6. The van der Waals surface area contributed by atoms with Crippen LogP contribution in [0.25, 0.3) is 0 Å². The fourth-order valence-electron chi connectivity index (χ4n) is 1.96. The maximum atomic E-state index is 13.1. The second kappa shape index (κ2) is 6.48. The van der Waals surface area contributed by atoms with Crippen molar-refractivity contribution in [3.63, 3.8) is 0 Å². The Morgan fingerprint density at radius 3 is 2.45 bits per heavy atom. The fourth-order valence-corrected chi connectivity index (χ4v) is 1.96. The molecule has 0 aromatic heterocycles. The van der Waals surface area contributed by atoms with E-state index in [9.17, 15) is 8.78 Å². The molecule has 0 heterocycles. The monoisotopic (exact) mass is 277 g/mol. The van der Waals surface area contributed by atoms with E-state index >= 15 is 0 Å². The molecule has 0 aliphatic heterocycles. The predicted molar refractivity (Wildman–Crippen MR) is 74.6 cm³/mol. The standard InChI is InChI=1S/C16H17F2NO/c1-11-3-2-4-15(7-11)20-6-5-16(19)12-8-13(17)10-14(18)9-12/h2-4,7-10,16H,5-6,19H2,1H3. The molecule has 1 unspecified atom stereocenters. The smallest absolute Gasteiger partial charge is 0.126 e. The largest absolute Gasteiger partial charge is 0.494 e. The molecule has 2 N–H and O–H groups in total. The summed E-state index contributed by atoms with van der Waals surface area (Å²) in [5.74, 6) is -0.465. The number of hydrogen-bond acceptors (Lipinski definition) is 2. The third-order valence-corrected chi connectivity index (χ3v) is 3.00. The Labute approximate surface area is 117 Å². The zero-order chi connectivity index (χ0) is 14.5. The summed E-state index contributed by atoms with van der Waals surface area (Å²) in [6.07, 6.45) is 0.483. The minimum absolute atomic E-state index is 0.392. The Hall–Kier alpha value is -1.94. The molecule has 0 bridgehead atoms. The molecule has 0 aliphatic carbocycles. The molecule has 2 aromatic carbocycles. The van der Waals surface area contributed by atoms with Gasteiger partial charge >= 0.3 is 0 Å². The van der Waals surface area contributed by atoms with E-state index in [1.54, 1.807) is 0 Å². The Kier molecular flexibility index (Phi) is 4.69. The van der Waals surface area contributed by atoms with E-state index in [1.807, 2.05) is 31.2 Å². The van der Waals surface area contributed by atoms with Crippen molar-refractivity contribution in [3.8, 4) is 5.75 Å². The number of benzene rings is 2. The third kappa shape index (κ3) is 4.03. The van der Waals surface area contributed by atoms with Crippen LogP contribution in [0.1, 0.15) is 23.6 Å². The molecule has 0 saturated carbocycles. The van der Waals surface area contributed by atoms with Gasteiger partial charge in [-0.2, -0.15) is 0 Å². The molecule has 20 heavy (non-hydrogen) atoms. The number of rotatable bonds is 5. The van der Waals surface area contributed by atoms with Crippen LogP contribution in [0, 0.1) is 18.6 Å². The summed E-state index contributed by atoms with van der Waals surface area (Å²) in [6.45, 7) is 2.37. The Balaban J connectivity index is 1.90. The molecule has 106 valence electrons. The van der Waals surface area contributed by atoms with Crippen LogP contribution in [-0.2, 0) is 0 Å². The summed E-state index contributed by atoms with van der Waals surface area (Å²) in [5.41, 5.74) is 7.46. The van der Waals surface area contributed by atoms with Crippen LogP contribution in [0.4, 0.5) is 8.78 Å². The first-order chi connectivity index (χ1) is 9.54. The fraction of sp³-hybridized carbons (Fsp3) is 0.250. The van der Waals surface area contributed by atoms with E-state index in [0.29, 0.717) is 18.6 Å². The first kappa shape index (κ1) is 14.5. The minimum Gasteiger partial charge on any atom is -0.494 e. The van der Waals surface area contributed by atoms with Crippen LogP contribution in [0.2, 0.25) is 0 Å². The highest BCUT2D eigenvalue weighted by atomic mass is 19.1. The van der Waals surface area contributed by atoms with Crippen LogP contribution < -0.4 is 10.5 Å². The number of ether oxygens (including phenoxy) is 1. The van der Waals surface area contributed by atoms with E-state index in [0.717, 1.165) is 17.4 Å². The highest BCUT2D eigenvalue weighted by Crippen LogP contribution is 2.18. The van der Waals surface area contributed by atoms with Gasteiger partial charge in [-0.3, -0.25) is 0 Å². The lowest BCUT2D eigenvalue weighted by molar-refractivity contribution is 0.298. The van der Waals surface area contributed by atoms with Crippen molar-refractivity contribution in [1.82, 2.24) is 0 Å². The maximum absolute atomic E-state index is 13.1. The van der Waals surface area contributed by atoms with Crippen molar-refractivity contribution >= 4 is 0 Å². The maximum Gasteiger partial charge on any atom is 0.126 e. The van der Waals surface area contributed by atoms with Crippen molar-refractivity contribution in [2.24, 2.45) is 5.73 Å². The summed E-state index contributed by atoms with van der Waals surface area (Å²) in [5, 5.41) is 0. The molecule has 2 rings (SSSR count). The Bertz CT molecular complexity index is 566. The van der Waals surface area contributed by atoms with Crippen molar-refractivity contribution in [3.05, 3.63) is 65.2 Å². The van der Waals surface area contributed by atoms with E-state index in [4.69, 9.17) is 10.5 Å². The zero-order valence-electron chi connectivity index (χ0n) is 11.3. The van der Waals surface area contributed by atoms with Gasteiger partial charge in [0.15, 0.2) is 0 Å². The lowest BCUT2D eigenvalue weighted by Gasteiger charge is -2.13. The quantitative estimate of drug-likeness (QED) is 0.903. The normalized spacial score (nSPS) is 12.2. The van der Waals surface area contributed by atoms with Gasteiger partial charge in [0, 0.05) is 18.5 Å². The molecule has 2 aromatic rings. The molecule has 0 amide bonds. The second-order valence-electron chi connectivity index (χ2n) is 4.76. The van der Waals surface area contributed by atoms with E-state index < -0.39 is 17.7 Å². The van der Waals surface area contributed by atoms with Gasteiger partial charge in [0.2, 0.25) is 0 Å². The minimum atomic E-state index is -0.616. The number of hydrogen-bond donors (Lipinski definition) is 1. The van der Waals surface area contributed by atoms with Gasteiger partial charge in [-0.25, -0.2) is 8.78 Å². The third-order valence-electron chi connectivity index (χ3n) is 3.00. The molecule has 0 saturated heterocycles. The van der Waals surface area contributed by atoms with Crippen LogP contribution in [-0.4, -0.2) is 6.61 Å². The SMILES string of the molecule is Cc1cccc(OCCC(N)c2cc(F)cc(F)c2)c1. The topological polar surface area (TPSA) is 35.2 Å². The molecule has 0 radical (unpaired) electrons. The summed E-state index contributed by atoms with van der Waals surface area (Å²) in [7, 11) is 0. The molecule has 2 nitrogen and oxygen atoms in total. The number of halogens is 2. The molecular formula is C16H17F2NO. The van der Waals surface area contributed by atoms with Gasteiger partial charge in [0.05, 0.1) is 6.61 Å². The van der Waals surface area contributed by atoms with E-state index in [2.05, 4.69) is 0 Å². The average Bonchev–Trinajstić information content (AvgIpc) is 2.37. The van der Waals surface area contributed by atoms with Crippen molar-refractivity contribution in [2.75, 3.05) is 6.61 Å². The van der Waals surface area contributed by atoms with Crippen molar-refractivity contribution in [2.45, 2.75) is 19.4 Å². The van der Waals surface area contributed by atoms with Crippen LogP contribution >= 0.6 is 0 Å². The molecule has 4 heteroatoms. The Morgan fingerprint density at radius 1 is 1.10 bits per heavy atom. The van der Waals surface area contributed by atoms with Gasteiger partial charge in [0.1, 0.15) is 17.4 Å². The van der Waals surface area contributed by atoms with Gasteiger partial charge in [-0.05, 0) is 42.3 Å². The van der Waals surface area contributed by atoms with Crippen molar-refractivity contribution in [1.29, 1.82) is 0 Å². The molecule has 0 aliphatic rings. The Morgan fingerprint density at radius 2 is 1.80 bits per heavy atom. The van der Waals surface area contributed by atoms with Crippen LogP contribution in [0.15, 0.2) is 42.5 Å². The van der Waals surface area contributed by atoms with E-state index in [-0.39, 0.29) is 0 Å². The van der Waals surface area contributed by atoms with Crippen molar-refractivity contribution < 1.29 is 13.5 Å². The van der Waals surface area contributed by atoms with Crippen LogP contribution in [0.5, 0.6) is 5.75 Å². The highest BCUT2D eigenvalue weighted by molar-refractivity contribution is 5.27. The van der Waals surface area contributed by atoms with Gasteiger partial charge in [-0.15, -0.1) is 0 Å². The van der Waals surface area contributed by atoms with Gasteiger partial charge < -0.3 is 10.5 Å². The molecule has 1 atom stereocenters. The predicted octanol–water partition coefficient (Wildman–Crippen LogP) is 3.74. The average molecular weight is 277 g/mol. The van der Waals surface area contributed by atoms with E-state index in [1.165, 1.54) is 12.1 Å². The summed E-state index contributed by atoms with van der Waals surface area (Å²) in [4.78, 5) is 0. The molecule has 0 spiro atoms. The summed E-state index contributed by atoms with van der Waals surface area (Å²) < 4.78 is 31.8. The summed E-state index contributed by atoms with van der Waals surface area (Å²) >= 11 is 0. The van der Waals surface area contributed by atoms with Gasteiger partial charge in [0.25, 0.3) is 0 Å². The van der Waals surface area contributed by atoms with Gasteiger partial charge in [-0.1, -0.05) is 12.1 Å². The number of aryl methyl sites for hydroxylation is 1. The molecule has 0 fully saturated rings.